The van der Waals surface area contributed by atoms with E-state index >= 15 is 0 Å². The molecular formula is C25H20N4O. The van der Waals surface area contributed by atoms with E-state index in [1.807, 2.05) is 72.8 Å². The van der Waals surface area contributed by atoms with Gasteiger partial charge >= 0.3 is 0 Å². The van der Waals surface area contributed by atoms with Gasteiger partial charge in [0, 0.05) is 23.7 Å². The Morgan fingerprint density at radius 1 is 0.767 bits per heavy atom. The molecule has 0 aliphatic rings. The zero-order valence-corrected chi connectivity index (χ0v) is 16.5. The summed E-state index contributed by atoms with van der Waals surface area (Å²) in [5.74, 6) is -0.193. The predicted molar refractivity (Wildman–Crippen MR) is 120 cm³/mol. The topological polar surface area (TPSA) is 67.8 Å². The molecule has 0 aliphatic heterocycles. The molecule has 5 heteroatoms. The van der Waals surface area contributed by atoms with Crippen molar-refractivity contribution in [2.75, 3.05) is 5.32 Å². The van der Waals surface area contributed by atoms with Crippen molar-refractivity contribution < 1.29 is 4.79 Å². The van der Waals surface area contributed by atoms with Gasteiger partial charge in [0.05, 0.1) is 22.8 Å². The lowest BCUT2D eigenvalue weighted by atomic mass is 10.0. The smallest absolute Gasteiger partial charge is 0.250 e. The number of carbonyl (C=O) groups is 1. The third-order valence-electron chi connectivity index (χ3n) is 4.54. The molecule has 1 N–H and O–H groups in total. The van der Waals surface area contributed by atoms with Crippen LogP contribution in [0.2, 0.25) is 0 Å². The Balaban J connectivity index is 1.75. The van der Waals surface area contributed by atoms with Crippen molar-refractivity contribution in [1.29, 1.82) is 0 Å². The van der Waals surface area contributed by atoms with Gasteiger partial charge in [-0.3, -0.25) is 14.8 Å². The largest absolute Gasteiger partial charge is 0.322 e. The molecular weight excluding hydrogens is 372 g/mol. The van der Waals surface area contributed by atoms with E-state index in [0.29, 0.717) is 5.57 Å². The van der Waals surface area contributed by atoms with Crippen LogP contribution >= 0.6 is 0 Å². The number of nitrogens with zero attached hydrogens (tertiary/aromatic N) is 3. The molecule has 0 bridgehead atoms. The monoisotopic (exact) mass is 392 g/mol. The second kappa shape index (κ2) is 8.49. The quantitative estimate of drug-likeness (QED) is 0.463. The molecule has 5 nitrogen and oxygen atoms in total. The molecule has 3 aromatic heterocycles. The van der Waals surface area contributed by atoms with Crippen LogP contribution in [0.15, 0.2) is 97.3 Å². The molecule has 0 atom stereocenters. The van der Waals surface area contributed by atoms with Gasteiger partial charge in [0.25, 0.3) is 5.91 Å². The van der Waals surface area contributed by atoms with E-state index in [-0.39, 0.29) is 5.91 Å². The van der Waals surface area contributed by atoms with Crippen molar-refractivity contribution in [1.82, 2.24) is 15.0 Å². The van der Waals surface area contributed by atoms with Crippen LogP contribution in [0.4, 0.5) is 5.69 Å². The van der Waals surface area contributed by atoms with Crippen LogP contribution in [0.5, 0.6) is 0 Å². The molecule has 0 fully saturated rings. The minimum atomic E-state index is -0.193. The lowest BCUT2D eigenvalue weighted by Crippen LogP contribution is -2.11. The first-order valence-corrected chi connectivity index (χ1v) is 9.52. The van der Waals surface area contributed by atoms with Gasteiger partial charge < -0.3 is 5.32 Å². The van der Waals surface area contributed by atoms with Gasteiger partial charge in [-0.1, -0.05) is 30.8 Å². The summed E-state index contributed by atoms with van der Waals surface area (Å²) in [6, 6.07) is 23.2. The second-order valence-corrected chi connectivity index (χ2v) is 6.87. The standard InChI is InChI=1S/C25H20N4O/c1-17(2)25(30)28-20-11-9-18(10-12-20)19-15-23(21-7-3-5-13-26-21)29-24(16-19)22-8-4-6-14-27-22/h3-16H,1H2,2H3,(H,28,30). The third-order valence-corrected chi connectivity index (χ3v) is 4.54. The summed E-state index contributed by atoms with van der Waals surface area (Å²) in [6.07, 6.45) is 3.51. The number of nitrogens with one attached hydrogen (secondary N) is 1. The summed E-state index contributed by atoms with van der Waals surface area (Å²) in [7, 11) is 0. The Bertz CT molecular complexity index is 1130. The first kappa shape index (κ1) is 19.2. The third kappa shape index (κ3) is 4.31. The van der Waals surface area contributed by atoms with E-state index < -0.39 is 0 Å². The Morgan fingerprint density at radius 2 is 1.33 bits per heavy atom. The van der Waals surface area contributed by atoms with E-state index in [9.17, 15) is 4.79 Å². The molecule has 3 heterocycles. The molecule has 4 rings (SSSR count). The molecule has 0 spiro atoms. The van der Waals surface area contributed by atoms with Gasteiger partial charge in [0.2, 0.25) is 0 Å². The van der Waals surface area contributed by atoms with Crippen molar-refractivity contribution in [2.24, 2.45) is 0 Å². The summed E-state index contributed by atoms with van der Waals surface area (Å²) in [6.45, 7) is 5.34. The molecule has 0 aliphatic carbocycles. The molecule has 0 saturated carbocycles. The van der Waals surface area contributed by atoms with E-state index in [0.717, 1.165) is 39.6 Å². The van der Waals surface area contributed by atoms with Gasteiger partial charge in [-0.25, -0.2) is 4.98 Å². The number of hydrogen-bond acceptors (Lipinski definition) is 4. The van der Waals surface area contributed by atoms with Crippen LogP contribution in [0.3, 0.4) is 0 Å². The lowest BCUT2D eigenvalue weighted by molar-refractivity contribution is -0.112. The molecule has 4 aromatic rings. The van der Waals surface area contributed by atoms with E-state index in [1.54, 1.807) is 19.3 Å². The fourth-order valence-corrected chi connectivity index (χ4v) is 2.97. The van der Waals surface area contributed by atoms with Crippen molar-refractivity contribution >= 4 is 11.6 Å². The number of aromatic nitrogens is 3. The number of carbonyl (C=O) groups excluding carboxylic acids is 1. The zero-order chi connectivity index (χ0) is 20.9. The summed E-state index contributed by atoms with van der Waals surface area (Å²) in [5.41, 5.74) is 6.30. The first-order chi connectivity index (χ1) is 14.6. The van der Waals surface area contributed by atoms with Gasteiger partial charge in [0.15, 0.2) is 0 Å². The average molecular weight is 392 g/mol. The average Bonchev–Trinajstić information content (AvgIpc) is 2.80. The summed E-state index contributed by atoms with van der Waals surface area (Å²) in [4.78, 5) is 25.5. The zero-order valence-electron chi connectivity index (χ0n) is 16.5. The molecule has 0 unspecified atom stereocenters. The summed E-state index contributed by atoms with van der Waals surface area (Å²) < 4.78 is 0. The van der Waals surface area contributed by atoms with E-state index in [1.165, 1.54) is 0 Å². The molecule has 1 amide bonds. The molecule has 0 radical (unpaired) electrons. The number of amides is 1. The van der Waals surface area contributed by atoms with Gasteiger partial charge in [-0.05, 0) is 66.6 Å². The highest BCUT2D eigenvalue weighted by Gasteiger charge is 2.10. The Labute approximate surface area is 175 Å². The van der Waals surface area contributed by atoms with Crippen LogP contribution < -0.4 is 5.32 Å². The van der Waals surface area contributed by atoms with Crippen molar-refractivity contribution in [3.05, 3.63) is 97.3 Å². The highest BCUT2D eigenvalue weighted by molar-refractivity contribution is 6.02. The molecule has 0 saturated heterocycles. The minimum Gasteiger partial charge on any atom is -0.322 e. The molecule has 30 heavy (non-hydrogen) atoms. The summed E-state index contributed by atoms with van der Waals surface area (Å²) >= 11 is 0. The van der Waals surface area contributed by atoms with E-state index in [4.69, 9.17) is 4.98 Å². The Hall–Kier alpha value is -4.12. The second-order valence-electron chi connectivity index (χ2n) is 6.87. The maximum absolute atomic E-state index is 11.8. The SMILES string of the molecule is C=C(C)C(=O)Nc1ccc(-c2cc(-c3ccccn3)nc(-c3ccccn3)c2)cc1. The Morgan fingerprint density at radius 3 is 1.80 bits per heavy atom. The highest BCUT2D eigenvalue weighted by Crippen LogP contribution is 2.29. The van der Waals surface area contributed by atoms with Crippen LogP contribution in [-0.4, -0.2) is 20.9 Å². The van der Waals surface area contributed by atoms with Crippen LogP contribution in [0.25, 0.3) is 33.9 Å². The van der Waals surface area contributed by atoms with Crippen LogP contribution in [0.1, 0.15) is 6.92 Å². The van der Waals surface area contributed by atoms with Crippen LogP contribution in [0, 0.1) is 0 Å². The van der Waals surface area contributed by atoms with Gasteiger partial charge in [-0.15, -0.1) is 0 Å². The number of hydrogen-bond donors (Lipinski definition) is 1. The first-order valence-electron chi connectivity index (χ1n) is 9.52. The number of rotatable bonds is 5. The van der Waals surface area contributed by atoms with Crippen molar-refractivity contribution in [3.8, 4) is 33.9 Å². The van der Waals surface area contributed by atoms with Crippen LogP contribution in [-0.2, 0) is 4.79 Å². The maximum Gasteiger partial charge on any atom is 0.250 e. The fourth-order valence-electron chi connectivity index (χ4n) is 2.97. The number of benzene rings is 1. The minimum absolute atomic E-state index is 0.193. The number of pyridine rings is 3. The number of anilines is 1. The molecule has 1 aromatic carbocycles. The van der Waals surface area contributed by atoms with Gasteiger partial charge in [0.1, 0.15) is 0 Å². The van der Waals surface area contributed by atoms with Crippen molar-refractivity contribution in [3.63, 3.8) is 0 Å². The maximum atomic E-state index is 11.8. The van der Waals surface area contributed by atoms with E-state index in [2.05, 4.69) is 21.9 Å². The fraction of sp³-hybridized carbons (Fsp3) is 0.0400. The predicted octanol–water partition coefficient (Wildman–Crippen LogP) is 5.39. The normalized spacial score (nSPS) is 10.4. The molecule has 146 valence electrons. The van der Waals surface area contributed by atoms with Crippen molar-refractivity contribution in [2.45, 2.75) is 6.92 Å². The lowest BCUT2D eigenvalue weighted by Gasteiger charge is -2.10. The van der Waals surface area contributed by atoms with Gasteiger partial charge in [-0.2, -0.15) is 0 Å². The highest BCUT2D eigenvalue weighted by atomic mass is 16.1. The summed E-state index contributed by atoms with van der Waals surface area (Å²) in [5, 5.41) is 2.82. The Kier molecular flexibility index (Phi) is 5.44.